The summed E-state index contributed by atoms with van der Waals surface area (Å²) in [7, 11) is 1.66. The van der Waals surface area contributed by atoms with E-state index in [0.29, 0.717) is 31.0 Å². The van der Waals surface area contributed by atoms with E-state index in [2.05, 4.69) is 27.3 Å². The average Bonchev–Trinajstić information content (AvgIpc) is 3.33. The molecule has 2 aromatic carbocycles. The molecule has 0 radical (unpaired) electrons. The van der Waals surface area contributed by atoms with E-state index in [0.717, 1.165) is 24.4 Å². The number of rotatable bonds is 9. The van der Waals surface area contributed by atoms with Gasteiger partial charge in [0.1, 0.15) is 11.6 Å². The molecule has 0 aliphatic carbocycles. The van der Waals surface area contributed by atoms with Crippen LogP contribution in [-0.4, -0.2) is 42.5 Å². The molecule has 1 unspecified atom stereocenters. The summed E-state index contributed by atoms with van der Waals surface area (Å²) in [5.74, 6) is 1.55. The van der Waals surface area contributed by atoms with Crippen molar-refractivity contribution in [3.05, 3.63) is 72.0 Å². The van der Waals surface area contributed by atoms with E-state index in [4.69, 9.17) is 9.15 Å². The second kappa shape index (κ2) is 11.1. The van der Waals surface area contributed by atoms with Gasteiger partial charge in [-0.05, 0) is 67.9 Å². The summed E-state index contributed by atoms with van der Waals surface area (Å²) in [5, 5.41) is 3.10. The summed E-state index contributed by atoms with van der Waals surface area (Å²) in [6.45, 7) is 2.63. The minimum absolute atomic E-state index is 0.0351. The minimum atomic E-state index is -0.298. The van der Waals surface area contributed by atoms with E-state index in [1.54, 1.807) is 25.4 Å². The molecule has 1 aliphatic heterocycles. The summed E-state index contributed by atoms with van der Waals surface area (Å²) in [5.41, 5.74) is 1.93. The number of carbonyl (C=O) groups excluding carboxylic acids is 1. The van der Waals surface area contributed by atoms with E-state index in [9.17, 15) is 9.18 Å². The largest absolute Gasteiger partial charge is 0.497 e. The molecule has 2 heterocycles. The number of hydrogen-bond donors (Lipinski definition) is 1. The maximum Gasteiger partial charge on any atom is 0.220 e. The fourth-order valence-electron chi connectivity index (χ4n) is 4.21. The van der Waals surface area contributed by atoms with Gasteiger partial charge >= 0.3 is 0 Å². The molecule has 1 amide bonds. The van der Waals surface area contributed by atoms with Crippen molar-refractivity contribution in [2.75, 3.05) is 26.7 Å². The van der Waals surface area contributed by atoms with Gasteiger partial charge < -0.3 is 14.5 Å². The van der Waals surface area contributed by atoms with Crippen LogP contribution in [0, 0.1) is 5.82 Å². The van der Waals surface area contributed by atoms with Gasteiger partial charge in [-0.15, -0.1) is 0 Å². The van der Waals surface area contributed by atoms with Crippen molar-refractivity contribution in [2.45, 2.75) is 38.1 Å². The van der Waals surface area contributed by atoms with Gasteiger partial charge in [-0.3, -0.25) is 9.69 Å². The van der Waals surface area contributed by atoms with Crippen LogP contribution in [0.1, 0.15) is 43.2 Å². The first-order valence-electron chi connectivity index (χ1n) is 11.5. The van der Waals surface area contributed by atoms with Crippen LogP contribution in [-0.2, 0) is 11.2 Å². The van der Waals surface area contributed by atoms with Gasteiger partial charge in [0, 0.05) is 24.9 Å². The molecule has 33 heavy (non-hydrogen) atoms. The Kier molecular flexibility index (Phi) is 7.73. The van der Waals surface area contributed by atoms with E-state index < -0.39 is 0 Å². The van der Waals surface area contributed by atoms with Gasteiger partial charge in [-0.1, -0.05) is 18.6 Å². The third-order valence-electron chi connectivity index (χ3n) is 6.07. The highest BCUT2D eigenvalue weighted by molar-refractivity contribution is 5.76. The van der Waals surface area contributed by atoms with E-state index in [1.165, 1.54) is 37.0 Å². The number of amides is 1. The van der Waals surface area contributed by atoms with Crippen LogP contribution in [0.15, 0.2) is 59.1 Å². The number of halogens is 1. The number of hydrogen-bond acceptors (Lipinski definition) is 5. The maximum atomic E-state index is 13.1. The Hall–Kier alpha value is -3.19. The lowest BCUT2D eigenvalue weighted by molar-refractivity contribution is -0.121. The van der Waals surface area contributed by atoms with Gasteiger partial charge in [-0.25, -0.2) is 9.37 Å². The van der Waals surface area contributed by atoms with Crippen molar-refractivity contribution in [3.8, 4) is 17.1 Å². The third-order valence-corrected chi connectivity index (χ3v) is 6.07. The molecule has 3 aromatic rings. The Morgan fingerprint density at radius 1 is 1.12 bits per heavy atom. The van der Waals surface area contributed by atoms with Gasteiger partial charge in [0.05, 0.1) is 19.3 Å². The van der Waals surface area contributed by atoms with Crippen LogP contribution in [0.3, 0.4) is 0 Å². The molecule has 1 aliphatic rings. The highest BCUT2D eigenvalue weighted by atomic mass is 19.1. The van der Waals surface area contributed by atoms with Gasteiger partial charge in [-0.2, -0.15) is 0 Å². The lowest BCUT2D eigenvalue weighted by atomic mass is 10.0. The van der Waals surface area contributed by atoms with Crippen molar-refractivity contribution in [1.29, 1.82) is 0 Å². The van der Waals surface area contributed by atoms with Crippen LogP contribution in [0.2, 0.25) is 0 Å². The molecule has 1 aromatic heterocycles. The number of likely N-dealkylation sites (tertiary alicyclic amines) is 1. The lowest BCUT2D eigenvalue weighted by Gasteiger charge is -2.35. The summed E-state index contributed by atoms with van der Waals surface area (Å²) in [4.78, 5) is 19.3. The monoisotopic (exact) mass is 451 g/mol. The number of carbonyl (C=O) groups is 1. The third kappa shape index (κ3) is 6.20. The number of nitrogens with zero attached hydrogens (tertiary/aromatic N) is 2. The Morgan fingerprint density at radius 3 is 2.55 bits per heavy atom. The number of oxazole rings is 1. The molecule has 0 saturated carbocycles. The van der Waals surface area contributed by atoms with E-state index in [1.807, 2.05) is 12.1 Å². The summed E-state index contributed by atoms with van der Waals surface area (Å²) in [6, 6.07) is 14.3. The Bertz CT molecular complexity index is 1030. The van der Waals surface area contributed by atoms with Crippen molar-refractivity contribution >= 4 is 5.91 Å². The van der Waals surface area contributed by atoms with E-state index >= 15 is 0 Å². The van der Waals surface area contributed by atoms with Crippen LogP contribution in [0.4, 0.5) is 4.39 Å². The predicted molar refractivity (Wildman–Crippen MR) is 124 cm³/mol. The smallest absolute Gasteiger partial charge is 0.220 e. The fourth-order valence-corrected chi connectivity index (χ4v) is 4.21. The van der Waals surface area contributed by atoms with Crippen LogP contribution >= 0.6 is 0 Å². The topological polar surface area (TPSA) is 67.6 Å². The number of aromatic nitrogens is 1. The molecule has 174 valence electrons. The lowest BCUT2D eigenvalue weighted by Crippen LogP contribution is -2.40. The van der Waals surface area contributed by atoms with Gasteiger partial charge in [0.25, 0.3) is 0 Å². The zero-order chi connectivity index (χ0) is 23.0. The van der Waals surface area contributed by atoms with Crippen LogP contribution in [0.5, 0.6) is 5.75 Å². The Balaban J connectivity index is 1.33. The standard InChI is InChI=1S/C26H30FN3O3/c1-32-22-11-7-19(8-12-22)23(30-15-3-2-4-16-30)17-28-25(31)13-14-26-29-18-24(33-26)20-5-9-21(27)10-6-20/h5-12,18,23H,2-4,13-17H2,1H3,(H,28,31). The second-order valence-corrected chi connectivity index (χ2v) is 8.31. The Morgan fingerprint density at radius 2 is 1.85 bits per heavy atom. The quantitative estimate of drug-likeness (QED) is 0.508. The predicted octanol–water partition coefficient (Wildman–Crippen LogP) is 4.77. The molecule has 0 spiro atoms. The molecule has 1 fully saturated rings. The van der Waals surface area contributed by atoms with Crippen molar-refractivity contribution in [3.63, 3.8) is 0 Å². The van der Waals surface area contributed by atoms with Crippen LogP contribution < -0.4 is 10.1 Å². The zero-order valence-electron chi connectivity index (χ0n) is 18.9. The molecule has 4 rings (SSSR count). The SMILES string of the molecule is COc1ccc(C(CNC(=O)CCc2ncc(-c3ccc(F)cc3)o2)N2CCCCC2)cc1. The molecule has 0 bridgehead atoms. The Labute approximate surface area is 193 Å². The number of ether oxygens (including phenoxy) is 1. The summed E-state index contributed by atoms with van der Waals surface area (Å²) < 4.78 is 24.1. The molecule has 1 saturated heterocycles. The molecule has 1 atom stereocenters. The number of piperidine rings is 1. The maximum absolute atomic E-state index is 13.1. The molecule has 7 heteroatoms. The second-order valence-electron chi connectivity index (χ2n) is 8.31. The van der Waals surface area contributed by atoms with Crippen LogP contribution in [0.25, 0.3) is 11.3 Å². The first-order valence-corrected chi connectivity index (χ1v) is 11.5. The normalized spacial score (nSPS) is 15.2. The highest BCUT2D eigenvalue weighted by Gasteiger charge is 2.23. The van der Waals surface area contributed by atoms with Crippen molar-refractivity contribution in [2.24, 2.45) is 0 Å². The summed E-state index contributed by atoms with van der Waals surface area (Å²) >= 11 is 0. The average molecular weight is 452 g/mol. The number of aryl methyl sites for hydroxylation is 1. The van der Waals surface area contributed by atoms with Gasteiger partial charge in [0.2, 0.25) is 5.91 Å². The first-order chi connectivity index (χ1) is 16.1. The van der Waals surface area contributed by atoms with E-state index in [-0.39, 0.29) is 17.8 Å². The van der Waals surface area contributed by atoms with Crippen molar-refractivity contribution < 1.29 is 18.3 Å². The summed E-state index contributed by atoms with van der Waals surface area (Å²) in [6.07, 6.45) is 5.93. The fraction of sp³-hybridized carbons (Fsp3) is 0.385. The number of methoxy groups -OCH3 is 1. The van der Waals surface area contributed by atoms with Crippen molar-refractivity contribution in [1.82, 2.24) is 15.2 Å². The molecule has 1 N–H and O–H groups in total. The molecular formula is C26H30FN3O3. The van der Waals surface area contributed by atoms with Gasteiger partial charge in [0.15, 0.2) is 11.7 Å². The molecular weight excluding hydrogens is 421 g/mol. The number of nitrogens with one attached hydrogen (secondary N) is 1. The highest BCUT2D eigenvalue weighted by Crippen LogP contribution is 2.26. The zero-order valence-corrected chi connectivity index (χ0v) is 18.9. The minimum Gasteiger partial charge on any atom is -0.497 e. The number of benzene rings is 2. The molecule has 6 nitrogen and oxygen atoms in total. The first kappa shape index (κ1) is 23.0.